The summed E-state index contributed by atoms with van der Waals surface area (Å²) in [5.74, 6) is 1.71. The smallest absolute Gasteiger partial charge is 0.256 e. The molecular formula is C15H20N2O3. The number of nitrogens with two attached hydrogens (primary N) is 1. The first kappa shape index (κ1) is 13.1. The Kier molecular flexibility index (Phi) is 3.20. The van der Waals surface area contributed by atoms with Crippen molar-refractivity contribution >= 4 is 11.6 Å². The summed E-state index contributed by atoms with van der Waals surface area (Å²) in [5.41, 5.74) is 6.96. The van der Waals surface area contributed by atoms with E-state index >= 15 is 0 Å². The van der Waals surface area contributed by atoms with Gasteiger partial charge in [-0.25, -0.2) is 0 Å². The second-order valence-electron chi connectivity index (χ2n) is 5.65. The van der Waals surface area contributed by atoms with Gasteiger partial charge in [0.05, 0.1) is 5.56 Å². The molecule has 3 rings (SSSR count). The molecule has 2 atom stereocenters. The third-order valence-corrected chi connectivity index (χ3v) is 4.41. The number of ether oxygens (including phenoxy) is 2. The van der Waals surface area contributed by atoms with E-state index in [0.29, 0.717) is 28.7 Å². The van der Waals surface area contributed by atoms with Gasteiger partial charge < -0.3 is 20.1 Å². The van der Waals surface area contributed by atoms with Crippen LogP contribution in [0.15, 0.2) is 12.1 Å². The number of benzene rings is 1. The predicted molar refractivity (Wildman–Crippen MR) is 75.9 cm³/mol. The van der Waals surface area contributed by atoms with Crippen LogP contribution < -0.4 is 15.2 Å². The van der Waals surface area contributed by atoms with Crippen LogP contribution in [0.2, 0.25) is 0 Å². The van der Waals surface area contributed by atoms with Crippen molar-refractivity contribution < 1.29 is 14.3 Å². The van der Waals surface area contributed by atoms with Crippen LogP contribution in [0.4, 0.5) is 5.69 Å². The summed E-state index contributed by atoms with van der Waals surface area (Å²) in [6, 6.07) is 3.61. The topological polar surface area (TPSA) is 64.8 Å². The van der Waals surface area contributed by atoms with Gasteiger partial charge in [0.25, 0.3) is 5.91 Å². The van der Waals surface area contributed by atoms with Crippen molar-refractivity contribution in [3.8, 4) is 11.5 Å². The second kappa shape index (κ2) is 4.89. The van der Waals surface area contributed by atoms with E-state index in [1.54, 1.807) is 12.1 Å². The first-order valence-electron chi connectivity index (χ1n) is 7.08. The number of rotatable bonds is 1. The first-order chi connectivity index (χ1) is 9.58. The predicted octanol–water partition coefficient (Wildman–Crippen LogP) is 2.26. The van der Waals surface area contributed by atoms with Crippen molar-refractivity contribution in [1.82, 2.24) is 4.90 Å². The zero-order chi connectivity index (χ0) is 14.3. The Labute approximate surface area is 118 Å². The lowest BCUT2D eigenvalue weighted by Gasteiger charge is -2.38. The standard InChI is InChI=1S/C15H20N2O3/c1-9-4-3-5-17(10(9)2)15(18)11-6-13-14(7-12(11)16)20-8-19-13/h6-7,9-10H,3-5,8,16H2,1-2H3. The number of carbonyl (C=O) groups is 1. The highest BCUT2D eigenvalue weighted by atomic mass is 16.7. The molecule has 0 aliphatic carbocycles. The summed E-state index contributed by atoms with van der Waals surface area (Å²) >= 11 is 0. The fourth-order valence-corrected chi connectivity index (χ4v) is 2.92. The fraction of sp³-hybridized carbons (Fsp3) is 0.533. The number of amides is 1. The van der Waals surface area contributed by atoms with Crippen molar-refractivity contribution in [3.63, 3.8) is 0 Å². The van der Waals surface area contributed by atoms with Crippen LogP contribution in [0.1, 0.15) is 37.0 Å². The van der Waals surface area contributed by atoms with Crippen LogP contribution in [-0.2, 0) is 0 Å². The van der Waals surface area contributed by atoms with E-state index in [2.05, 4.69) is 13.8 Å². The van der Waals surface area contributed by atoms with E-state index in [1.165, 1.54) is 6.42 Å². The van der Waals surface area contributed by atoms with Crippen LogP contribution >= 0.6 is 0 Å². The Morgan fingerprint density at radius 1 is 1.30 bits per heavy atom. The number of carbonyl (C=O) groups excluding carboxylic acids is 1. The van der Waals surface area contributed by atoms with E-state index in [-0.39, 0.29) is 18.7 Å². The van der Waals surface area contributed by atoms with Gasteiger partial charge >= 0.3 is 0 Å². The SMILES string of the molecule is CC1CCCN(C(=O)c2cc3c(cc2N)OCO3)C1C. The minimum absolute atomic E-state index is 0.0140. The molecule has 2 heterocycles. The number of fused-ring (bicyclic) bond motifs is 1. The molecule has 2 unspecified atom stereocenters. The maximum absolute atomic E-state index is 12.7. The number of nitrogen functional groups attached to an aromatic ring is 1. The number of piperidine rings is 1. The molecule has 0 saturated carbocycles. The van der Waals surface area contributed by atoms with Crippen LogP contribution in [0.25, 0.3) is 0 Å². The average Bonchev–Trinajstić information content (AvgIpc) is 2.87. The molecule has 2 N–H and O–H groups in total. The van der Waals surface area contributed by atoms with Gasteiger partial charge in [0.2, 0.25) is 6.79 Å². The van der Waals surface area contributed by atoms with Gasteiger partial charge in [-0.05, 0) is 31.7 Å². The van der Waals surface area contributed by atoms with Gasteiger partial charge in [0, 0.05) is 24.3 Å². The molecule has 1 fully saturated rings. The highest BCUT2D eigenvalue weighted by molar-refractivity contribution is 6.00. The van der Waals surface area contributed by atoms with Gasteiger partial charge in [0.15, 0.2) is 11.5 Å². The largest absolute Gasteiger partial charge is 0.454 e. The molecule has 1 amide bonds. The lowest BCUT2D eigenvalue weighted by atomic mass is 9.91. The molecule has 0 radical (unpaired) electrons. The second-order valence-corrected chi connectivity index (χ2v) is 5.65. The van der Waals surface area contributed by atoms with E-state index in [1.807, 2.05) is 4.90 Å². The maximum atomic E-state index is 12.7. The molecule has 1 aromatic rings. The summed E-state index contributed by atoms with van der Waals surface area (Å²) in [6.07, 6.45) is 2.21. The Morgan fingerprint density at radius 2 is 2.00 bits per heavy atom. The third-order valence-electron chi connectivity index (χ3n) is 4.41. The van der Waals surface area contributed by atoms with Gasteiger partial charge in [-0.1, -0.05) is 6.92 Å². The summed E-state index contributed by atoms with van der Waals surface area (Å²) < 4.78 is 10.6. The van der Waals surface area contributed by atoms with Gasteiger partial charge in [-0.3, -0.25) is 4.79 Å². The lowest BCUT2D eigenvalue weighted by molar-refractivity contribution is 0.0551. The quantitative estimate of drug-likeness (QED) is 0.799. The van der Waals surface area contributed by atoms with Crippen LogP contribution in [0.3, 0.4) is 0 Å². The molecule has 5 heteroatoms. The molecule has 20 heavy (non-hydrogen) atoms. The van der Waals surface area contributed by atoms with E-state index in [9.17, 15) is 4.79 Å². The van der Waals surface area contributed by atoms with Crippen LogP contribution in [-0.4, -0.2) is 30.2 Å². The molecule has 0 spiro atoms. The minimum Gasteiger partial charge on any atom is -0.454 e. The van der Waals surface area contributed by atoms with Crippen LogP contribution in [0, 0.1) is 5.92 Å². The first-order valence-corrected chi connectivity index (χ1v) is 7.08. The molecule has 108 valence electrons. The summed E-state index contributed by atoms with van der Waals surface area (Å²) in [6.45, 7) is 5.26. The number of hydrogen-bond donors (Lipinski definition) is 1. The lowest BCUT2D eigenvalue weighted by Crippen LogP contribution is -2.46. The van der Waals surface area contributed by atoms with Crippen molar-refractivity contribution in [2.75, 3.05) is 19.1 Å². The Hall–Kier alpha value is -1.91. The Bertz CT molecular complexity index is 544. The number of likely N-dealkylation sites (tertiary alicyclic amines) is 1. The van der Waals surface area contributed by atoms with E-state index in [4.69, 9.17) is 15.2 Å². The summed E-state index contributed by atoms with van der Waals surface area (Å²) in [5, 5.41) is 0. The van der Waals surface area contributed by atoms with Gasteiger partial charge in [-0.2, -0.15) is 0 Å². The van der Waals surface area contributed by atoms with E-state index < -0.39 is 0 Å². The molecule has 0 aromatic heterocycles. The van der Waals surface area contributed by atoms with Crippen molar-refractivity contribution in [1.29, 1.82) is 0 Å². The highest BCUT2D eigenvalue weighted by Gasteiger charge is 2.31. The zero-order valence-electron chi connectivity index (χ0n) is 11.9. The molecular weight excluding hydrogens is 256 g/mol. The molecule has 2 aliphatic heterocycles. The molecule has 5 nitrogen and oxygen atoms in total. The maximum Gasteiger partial charge on any atom is 0.256 e. The number of nitrogens with zero attached hydrogens (tertiary/aromatic N) is 1. The minimum atomic E-state index is -0.0140. The molecule has 0 bridgehead atoms. The summed E-state index contributed by atoms with van der Waals surface area (Å²) in [4.78, 5) is 14.6. The fourth-order valence-electron chi connectivity index (χ4n) is 2.92. The molecule has 2 aliphatic rings. The van der Waals surface area contributed by atoms with Gasteiger partial charge in [-0.15, -0.1) is 0 Å². The van der Waals surface area contributed by atoms with Gasteiger partial charge in [0.1, 0.15) is 0 Å². The van der Waals surface area contributed by atoms with Crippen LogP contribution in [0.5, 0.6) is 11.5 Å². The zero-order valence-corrected chi connectivity index (χ0v) is 11.9. The third kappa shape index (κ3) is 2.07. The monoisotopic (exact) mass is 276 g/mol. The Morgan fingerprint density at radius 3 is 2.75 bits per heavy atom. The number of anilines is 1. The van der Waals surface area contributed by atoms with Crippen molar-refractivity contribution in [3.05, 3.63) is 17.7 Å². The average molecular weight is 276 g/mol. The number of hydrogen-bond acceptors (Lipinski definition) is 4. The van der Waals surface area contributed by atoms with Crippen molar-refractivity contribution in [2.24, 2.45) is 5.92 Å². The van der Waals surface area contributed by atoms with Crippen molar-refractivity contribution in [2.45, 2.75) is 32.7 Å². The summed E-state index contributed by atoms with van der Waals surface area (Å²) in [7, 11) is 0. The normalized spacial score (nSPS) is 24.8. The Balaban J connectivity index is 1.90. The molecule has 1 saturated heterocycles. The highest BCUT2D eigenvalue weighted by Crippen LogP contribution is 2.37. The van der Waals surface area contributed by atoms with E-state index in [0.717, 1.165) is 13.0 Å². The molecule has 1 aromatic carbocycles.